The van der Waals surface area contributed by atoms with Crippen molar-refractivity contribution in [3.05, 3.63) is 23.5 Å². The van der Waals surface area contributed by atoms with E-state index in [0.717, 1.165) is 0 Å². The van der Waals surface area contributed by atoms with E-state index in [2.05, 4.69) is 4.98 Å². The molecule has 0 radical (unpaired) electrons. The summed E-state index contributed by atoms with van der Waals surface area (Å²) in [4.78, 5) is 13.6. The van der Waals surface area contributed by atoms with E-state index in [0.29, 0.717) is 17.5 Å². The van der Waals surface area contributed by atoms with Crippen molar-refractivity contribution in [3.63, 3.8) is 0 Å². The van der Waals surface area contributed by atoms with Gasteiger partial charge in [-0.05, 0) is 6.07 Å². The summed E-state index contributed by atoms with van der Waals surface area (Å²) in [6, 6.07) is 1.50. The van der Waals surface area contributed by atoms with Crippen LogP contribution in [0.5, 0.6) is 0 Å². The van der Waals surface area contributed by atoms with Crippen molar-refractivity contribution in [1.82, 2.24) is 4.98 Å². The number of H-pyrrole nitrogens is 1. The topological polar surface area (TPSA) is 123 Å². The SMILES string of the molecule is O=Cc1cc[nH]c1C1O[C@H](CO)[C@@H](O)[C@H](O)[C@H]1O. The predicted molar refractivity (Wildman–Crippen MR) is 58.9 cm³/mol. The van der Waals surface area contributed by atoms with Crippen LogP contribution in [0, 0.1) is 0 Å². The van der Waals surface area contributed by atoms with Gasteiger partial charge in [0.1, 0.15) is 30.5 Å². The largest absolute Gasteiger partial charge is 0.394 e. The summed E-state index contributed by atoms with van der Waals surface area (Å²) < 4.78 is 5.32. The van der Waals surface area contributed by atoms with Gasteiger partial charge in [0.25, 0.3) is 0 Å². The summed E-state index contributed by atoms with van der Waals surface area (Å²) in [5, 5.41) is 38.2. The summed E-state index contributed by atoms with van der Waals surface area (Å²) in [6.45, 7) is -0.501. The van der Waals surface area contributed by atoms with Gasteiger partial charge in [-0.25, -0.2) is 0 Å². The van der Waals surface area contributed by atoms with Crippen molar-refractivity contribution in [2.75, 3.05) is 6.61 Å². The third-order valence-corrected chi connectivity index (χ3v) is 3.12. The van der Waals surface area contributed by atoms with Gasteiger partial charge in [0.15, 0.2) is 6.29 Å². The lowest BCUT2D eigenvalue weighted by atomic mass is 9.92. The van der Waals surface area contributed by atoms with Gasteiger partial charge in [0.2, 0.25) is 0 Å². The number of aliphatic hydroxyl groups excluding tert-OH is 4. The lowest BCUT2D eigenvalue weighted by Crippen LogP contribution is -2.55. The van der Waals surface area contributed by atoms with Gasteiger partial charge in [-0.15, -0.1) is 0 Å². The number of carbonyl (C=O) groups is 1. The number of aliphatic hydroxyl groups is 4. The van der Waals surface area contributed by atoms with Gasteiger partial charge in [-0.1, -0.05) is 0 Å². The maximum Gasteiger partial charge on any atom is 0.151 e. The lowest BCUT2D eigenvalue weighted by Gasteiger charge is -2.39. The van der Waals surface area contributed by atoms with E-state index in [4.69, 9.17) is 9.84 Å². The molecule has 7 nitrogen and oxygen atoms in total. The molecular formula is C11H15NO6. The molecule has 2 heterocycles. The van der Waals surface area contributed by atoms with Crippen molar-refractivity contribution >= 4 is 6.29 Å². The number of aromatic nitrogens is 1. The molecule has 7 heteroatoms. The zero-order chi connectivity index (χ0) is 13.3. The van der Waals surface area contributed by atoms with Crippen LogP contribution in [-0.4, -0.2) is 62.7 Å². The van der Waals surface area contributed by atoms with Crippen LogP contribution in [0.1, 0.15) is 22.2 Å². The van der Waals surface area contributed by atoms with Crippen LogP contribution in [0.25, 0.3) is 0 Å². The number of aldehydes is 1. The van der Waals surface area contributed by atoms with Crippen molar-refractivity contribution in [1.29, 1.82) is 0 Å². The fraction of sp³-hybridized carbons (Fsp3) is 0.545. The number of nitrogens with one attached hydrogen (secondary N) is 1. The third kappa shape index (κ3) is 2.06. The van der Waals surface area contributed by atoms with Gasteiger partial charge in [0, 0.05) is 11.8 Å². The number of hydrogen-bond acceptors (Lipinski definition) is 6. The van der Waals surface area contributed by atoms with Gasteiger partial charge < -0.3 is 30.1 Å². The fourth-order valence-corrected chi connectivity index (χ4v) is 2.08. The maximum atomic E-state index is 10.8. The second kappa shape index (κ2) is 5.17. The molecule has 18 heavy (non-hydrogen) atoms. The van der Waals surface area contributed by atoms with E-state index in [1.54, 1.807) is 0 Å². The molecule has 100 valence electrons. The molecule has 1 unspecified atom stereocenters. The van der Waals surface area contributed by atoms with Crippen molar-refractivity contribution in [2.45, 2.75) is 30.5 Å². The van der Waals surface area contributed by atoms with E-state index in [9.17, 15) is 20.1 Å². The molecule has 1 fully saturated rings. The molecule has 0 bridgehead atoms. The first-order valence-corrected chi connectivity index (χ1v) is 5.53. The van der Waals surface area contributed by atoms with Gasteiger partial charge >= 0.3 is 0 Å². The summed E-state index contributed by atoms with van der Waals surface area (Å²) in [6.07, 6.45) is -4.15. The average molecular weight is 257 g/mol. The molecule has 1 saturated heterocycles. The molecule has 0 aliphatic carbocycles. The van der Waals surface area contributed by atoms with E-state index in [-0.39, 0.29) is 0 Å². The van der Waals surface area contributed by atoms with Crippen LogP contribution in [0.4, 0.5) is 0 Å². The maximum absolute atomic E-state index is 10.8. The first-order valence-electron chi connectivity index (χ1n) is 5.53. The molecule has 0 spiro atoms. The molecule has 5 atom stereocenters. The molecule has 1 aliphatic rings. The Balaban J connectivity index is 2.29. The molecule has 0 amide bonds. The van der Waals surface area contributed by atoms with Crippen LogP contribution in [0.3, 0.4) is 0 Å². The Kier molecular flexibility index (Phi) is 3.79. The molecule has 0 saturated carbocycles. The van der Waals surface area contributed by atoms with Gasteiger partial charge in [-0.3, -0.25) is 4.79 Å². The Morgan fingerprint density at radius 3 is 2.61 bits per heavy atom. The van der Waals surface area contributed by atoms with Gasteiger partial charge in [-0.2, -0.15) is 0 Å². The Morgan fingerprint density at radius 2 is 2.00 bits per heavy atom. The number of aromatic amines is 1. The van der Waals surface area contributed by atoms with Crippen LogP contribution in [0.15, 0.2) is 12.3 Å². The fourth-order valence-electron chi connectivity index (χ4n) is 2.08. The Hall–Kier alpha value is -1.25. The first kappa shape index (κ1) is 13.2. The van der Waals surface area contributed by atoms with Crippen LogP contribution in [0.2, 0.25) is 0 Å². The predicted octanol–water partition coefficient (Wildman–Crippen LogP) is -1.66. The van der Waals surface area contributed by atoms with Crippen molar-refractivity contribution in [3.8, 4) is 0 Å². The normalized spacial score (nSPS) is 36.6. The summed E-state index contributed by atoms with van der Waals surface area (Å²) in [7, 11) is 0. The average Bonchev–Trinajstić information content (AvgIpc) is 2.84. The van der Waals surface area contributed by atoms with Gasteiger partial charge in [0.05, 0.1) is 12.3 Å². The minimum atomic E-state index is -1.45. The first-order chi connectivity index (χ1) is 8.60. The second-order valence-corrected chi connectivity index (χ2v) is 4.21. The molecule has 0 aromatic carbocycles. The second-order valence-electron chi connectivity index (χ2n) is 4.21. The standard InChI is InChI=1S/C11H15NO6/c13-3-5-1-2-12-7(5)11-10(17)9(16)8(15)6(4-14)18-11/h1-3,6,8-12,14-17H,4H2/t6-,8-,9+,10-,11?/m1/s1. The summed E-state index contributed by atoms with van der Waals surface area (Å²) in [5.41, 5.74) is 0.598. The number of rotatable bonds is 3. The quantitative estimate of drug-likeness (QED) is 0.413. The monoisotopic (exact) mass is 257 g/mol. The van der Waals surface area contributed by atoms with Crippen LogP contribution >= 0.6 is 0 Å². The highest BCUT2D eigenvalue weighted by atomic mass is 16.5. The molecule has 1 aromatic rings. The highest BCUT2D eigenvalue weighted by Crippen LogP contribution is 2.32. The summed E-state index contributed by atoms with van der Waals surface area (Å²) >= 11 is 0. The zero-order valence-electron chi connectivity index (χ0n) is 9.43. The van der Waals surface area contributed by atoms with E-state index < -0.39 is 37.1 Å². The van der Waals surface area contributed by atoms with Crippen molar-refractivity contribution < 1.29 is 30.0 Å². The van der Waals surface area contributed by atoms with Crippen molar-refractivity contribution in [2.24, 2.45) is 0 Å². The smallest absolute Gasteiger partial charge is 0.151 e. The number of carbonyl (C=O) groups excluding carboxylic acids is 1. The molecular weight excluding hydrogens is 242 g/mol. The van der Waals surface area contributed by atoms with Crippen LogP contribution in [-0.2, 0) is 4.74 Å². The van der Waals surface area contributed by atoms with E-state index >= 15 is 0 Å². The lowest BCUT2D eigenvalue weighted by molar-refractivity contribution is -0.232. The highest BCUT2D eigenvalue weighted by molar-refractivity contribution is 5.76. The molecule has 5 N–H and O–H groups in total. The molecule has 2 rings (SSSR count). The number of ether oxygens (including phenoxy) is 1. The Bertz CT molecular complexity index is 417. The minimum Gasteiger partial charge on any atom is -0.394 e. The zero-order valence-corrected chi connectivity index (χ0v) is 9.43. The third-order valence-electron chi connectivity index (χ3n) is 3.12. The van der Waals surface area contributed by atoms with E-state index in [1.807, 2.05) is 0 Å². The summed E-state index contributed by atoms with van der Waals surface area (Å²) in [5.74, 6) is 0. The van der Waals surface area contributed by atoms with Crippen LogP contribution < -0.4 is 0 Å². The Labute approximate surface area is 103 Å². The minimum absolute atomic E-state index is 0.291. The number of hydrogen-bond donors (Lipinski definition) is 5. The molecule has 1 aromatic heterocycles. The molecule has 1 aliphatic heterocycles. The highest BCUT2D eigenvalue weighted by Gasteiger charge is 2.44. The Morgan fingerprint density at radius 1 is 1.28 bits per heavy atom. The van der Waals surface area contributed by atoms with E-state index in [1.165, 1.54) is 12.3 Å².